The van der Waals surface area contributed by atoms with Gasteiger partial charge in [-0.05, 0) is 37.3 Å². The number of aromatic nitrogens is 1. The predicted octanol–water partition coefficient (Wildman–Crippen LogP) is 1.96. The van der Waals surface area contributed by atoms with Gasteiger partial charge in [0.25, 0.3) is 5.01 Å². The van der Waals surface area contributed by atoms with Gasteiger partial charge in [0.2, 0.25) is 5.52 Å². The van der Waals surface area contributed by atoms with Crippen LogP contribution in [0.1, 0.15) is 16.1 Å². The summed E-state index contributed by atoms with van der Waals surface area (Å²) in [5, 5.41) is 1.68. The lowest BCUT2D eigenvalue weighted by molar-refractivity contribution is -0.658. The molecule has 0 saturated carbocycles. The lowest BCUT2D eigenvalue weighted by Gasteiger charge is -1.99. The van der Waals surface area contributed by atoms with Crippen molar-refractivity contribution in [3.8, 4) is 0 Å². The summed E-state index contributed by atoms with van der Waals surface area (Å²) < 4.78 is 9.03. The molecule has 0 saturated heterocycles. The van der Waals surface area contributed by atoms with Crippen LogP contribution in [0, 0.1) is 6.92 Å². The number of aryl methyl sites for hydroxylation is 1. The van der Waals surface area contributed by atoms with Crippen molar-refractivity contribution in [1.29, 1.82) is 0 Å². The molecule has 27 heavy (non-hydrogen) atoms. The van der Waals surface area contributed by atoms with Crippen molar-refractivity contribution in [3.63, 3.8) is 0 Å². The van der Waals surface area contributed by atoms with Gasteiger partial charge in [0.15, 0.2) is 12.0 Å². The molecule has 0 bridgehead atoms. The smallest absolute Gasteiger partial charge is 0.263 e. The molecule has 4 rings (SSSR count). The Labute approximate surface area is 171 Å². The SMILES string of the molecule is C=CC[n+]1c(/C=C/c2coc3ccc(C)cc3c2=O)sc2ccccc21.[Br-]. The first-order chi connectivity index (χ1) is 12.7. The van der Waals surface area contributed by atoms with E-state index in [1.807, 2.05) is 55.5 Å². The second kappa shape index (κ2) is 8.03. The van der Waals surface area contributed by atoms with Gasteiger partial charge in [-0.2, -0.15) is 4.57 Å². The van der Waals surface area contributed by atoms with Crippen LogP contribution in [0.15, 0.2) is 70.6 Å². The maximum Gasteiger partial charge on any atom is 0.263 e. The highest BCUT2D eigenvalue weighted by Crippen LogP contribution is 2.22. The molecule has 0 aliphatic heterocycles. The summed E-state index contributed by atoms with van der Waals surface area (Å²) >= 11 is 1.69. The Kier molecular flexibility index (Phi) is 5.73. The van der Waals surface area contributed by atoms with E-state index in [9.17, 15) is 4.79 Å². The first kappa shape index (κ1) is 19.3. The fourth-order valence-corrected chi connectivity index (χ4v) is 4.10. The van der Waals surface area contributed by atoms with E-state index in [2.05, 4.69) is 23.3 Å². The summed E-state index contributed by atoms with van der Waals surface area (Å²) in [4.78, 5) is 12.8. The van der Waals surface area contributed by atoms with Crippen molar-refractivity contribution in [3.05, 3.63) is 87.7 Å². The molecule has 2 heterocycles. The topological polar surface area (TPSA) is 34.1 Å². The molecule has 0 aliphatic rings. The molecule has 0 spiro atoms. The largest absolute Gasteiger partial charge is 1.00 e. The van der Waals surface area contributed by atoms with Gasteiger partial charge in [0, 0.05) is 12.1 Å². The highest BCUT2D eigenvalue weighted by Gasteiger charge is 2.16. The zero-order valence-electron chi connectivity index (χ0n) is 14.8. The standard InChI is InChI=1S/C22H18NO2S.BrH/c1-3-12-23-18-6-4-5-7-20(18)26-21(23)11-9-16-14-25-19-10-8-15(2)13-17(19)22(16)24;/h3-11,13-14H,1,12H2,2H3;1H/q+1;/p-1/b11-9+;. The predicted molar refractivity (Wildman–Crippen MR) is 108 cm³/mol. The molecule has 4 aromatic rings. The molecule has 0 N–H and O–H groups in total. The van der Waals surface area contributed by atoms with Crippen molar-refractivity contribution in [2.75, 3.05) is 0 Å². The summed E-state index contributed by atoms with van der Waals surface area (Å²) in [6.07, 6.45) is 7.21. The highest BCUT2D eigenvalue weighted by molar-refractivity contribution is 7.18. The van der Waals surface area contributed by atoms with Gasteiger partial charge >= 0.3 is 0 Å². The van der Waals surface area contributed by atoms with Gasteiger partial charge in [-0.3, -0.25) is 4.79 Å². The van der Waals surface area contributed by atoms with Gasteiger partial charge in [0.05, 0.1) is 10.9 Å². The van der Waals surface area contributed by atoms with E-state index in [1.54, 1.807) is 11.3 Å². The molecule has 0 aliphatic carbocycles. The highest BCUT2D eigenvalue weighted by atomic mass is 79.9. The third-order valence-electron chi connectivity index (χ3n) is 4.31. The average molecular weight is 440 g/mol. The summed E-state index contributed by atoms with van der Waals surface area (Å²) in [5.74, 6) is 0. The molecule has 2 aromatic carbocycles. The van der Waals surface area contributed by atoms with Crippen LogP contribution in [0.3, 0.4) is 0 Å². The number of para-hydroxylation sites is 1. The Morgan fingerprint density at radius 1 is 1.19 bits per heavy atom. The molecule has 0 unspecified atom stereocenters. The summed E-state index contributed by atoms with van der Waals surface area (Å²) in [6.45, 7) is 6.54. The molecule has 0 fully saturated rings. The third kappa shape index (κ3) is 3.66. The lowest BCUT2D eigenvalue weighted by atomic mass is 10.1. The quantitative estimate of drug-likeness (QED) is 0.359. The maximum atomic E-state index is 12.8. The van der Waals surface area contributed by atoms with Crippen LogP contribution >= 0.6 is 11.3 Å². The second-order valence-electron chi connectivity index (χ2n) is 6.16. The lowest BCUT2D eigenvalue weighted by Crippen LogP contribution is -3.00. The Hall–Kier alpha value is -2.50. The van der Waals surface area contributed by atoms with E-state index < -0.39 is 0 Å². The van der Waals surface area contributed by atoms with Crippen LogP contribution in [-0.2, 0) is 6.54 Å². The molecule has 0 amide bonds. The Morgan fingerprint density at radius 3 is 2.81 bits per heavy atom. The molecule has 0 atom stereocenters. The molecule has 2 aromatic heterocycles. The summed E-state index contributed by atoms with van der Waals surface area (Å²) in [5.41, 5.74) is 3.35. The van der Waals surface area contributed by atoms with Crippen LogP contribution in [-0.4, -0.2) is 0 Å². The minimum Gasteiger partial charge on any atom is -1.00 e. The number of allylic oxidation sites excluding steroid dienone is 1. The zero-order valence-corrected chi connectivity index (χ0v) is 17.2. The monoisotopic (exact) mass is 439 g/mol. The third-order valence-corrected chi connectivity index (χ3v) is 5.44. The fraction of sp³-hybridized carbons (Fsp3) is 0.0909. The van der Waals surface area contributed by atoms with Gasteiger partial charge < -0.3 is 21.4 Å². The van der Waals surface area contributed by atoms with Gasteiger partial charge in [-0.15, -0.1) is 0 Å². The number of hydrogen-bond acceptors (Lipinski definition) is 3. The van der Waals surface area contributed by atoms with Crippen molar-refractivity contribution >= 4 is 44.7 Å². The van der Waals surface area contributed by atoms with Crippen LogP contribution in [0.25, 0.3) is 33.3 Å². The Morgan fingerprint density at radius 2 is 2.00 bits per heavy atom. The molecular formula is C22H18BrNO2S. The number of nitrogens with zero attached hydrogens (tertiary/aromatic N) is 1. The van der Waals surface area contributed by atoms with Crippen LogP contribution < -0.4 is 27.0 Å². The van der Waals surface area contributed by atoms with E-state index in [4.69, 9.17) is 4.42 Å². The van der Waals surface area contributed by atoms with Crippen LogP contribution in [0.2, 0.25) is 0 Å². The number of hydrogen-bond donors (Lipinski definition) is 0. The van der Waals surface area contributed by atoms with E-state index in [0.29, 0.717) is 16.5 Å². The van der Waals surface area contributed by atoms with Crippen molar-refractivity contribution in [2.24, 2.45) is 0 Å². The zero-order chi connectivity index (χ0) is 18.1. The number of rotatable bonds is 4. The minimum atomic E-state index is -0.0115. The number of thiazole rings is 1. The Balaban J connectivity index is 0.00000210. The van der Waals surface area contributed by atoms with Crippen molar-refractivity contribution in [2.45, 2.75) is 13.5 Å². The molecule has 3 nitrogen and oxygen atoms in total. The maximum absolute atomic E-state index is 12.8. The van der Waals surface area contributed by atoms with Gasteiger partial charge in [-0.1, -0.05) is 41.7 Å². The van der Waals surface area contributed by atoms with Crippen LogP contribution in [0.4, 0.5) is 0 Å². The first-order valence-corrected chi connectivity index (χ1v) is 9.21. The molecule has 5 heteroatoms. The summed E-state index contributed by atoms with van der Waals surface area (Å²) in [7, 11) is 0. The van der Waals surface area contributed by atoms with E-state index >= 15 is 0 Å². The average Bonchev–Trinajstić information content (AvgIpc) is 3.00. The number of halogens is 1. The number of benzene rings is 2. The van der Waals surface area contributed by atoms with E-state index in [1.165, 1.54) is 16.5 Å². The molecule has 136 valence electrons. The van der Waals surface area contributed by atoms with Crippen molar-refractivity contribution < 1.29 is 26.0 Å². The number of fused-ring (bicyclic) bond motifs is 2. The van der Waals surface area contributed by atoms with E-state index in [-0.39, 0.29) is 22.4 Å². The van der Waals surface area contributed by atoms with Gasteiger partial charge in [-0.25, -0.2) is 0 Å². The van der Waals surface area contributed by atoms with Crippen molar-refractivity contribution in [1.82, 2.24) is 0 Å². The second-order valence-corrected chi connectivity index (χ2v) is 7.22. The first-order valence-electron chi connectivity index (χ1n) is 8.40. The van der Waals surface area contributed by atoms with Gasteiger partial charge in [0.1, 0.15) is 16.5 Å². The fourth-order valence-electron chi connectivity index (χ4n) is 3.03. The normalized spacial score (nSPS) is 11.1. The van der Waals surface area contributed by atoms with Crippen LogP contribution in [0.5, 0.6) is 0 Å². The molecular weight excluding hydrogens is 422 g/mol. The Bertz CT molecular complexity index is 1220. The minimum absolute atomic E-state index is 0. The summed E-state index contributed by atoms with van der Waals surface area (Å²) in [6, 6.07) is 13.9. The van der Waals surface area contributed by atoms with E-state index in [0.717, 1.165) is 17.1 Å². The molecule has 0 radical (unpaired) electrons.